The van der Waals surface area contributed by atoms with E-state index in [-0.39, 0.29) is 12.0 Å². The zero-order valence-corrected chi connectivity index (χ0v) is 15.0. The highest BCUT2D eigenvalue weighted by atomic mass is 16.5. The van der Waals surface area contributed by atoms with E-state index in [1.165, 1.54) is 5.56 Å². The maximum Gasteiger partial charge on any atom is 0.236 e. The summed E-state index contributed by atoms with van der Waals surface area (Å²) >= 11 is 0. The lowest BCUT2D eigenvalue weighted by Gasteiger charge is -2.25. The minimum absolute atomic E-state index is 0.174. The van der Waals surface area contributed by atoms with Crippen molar-refractivity contribution in [1.29, 1.82) is 0 Å². The quantitative estimate of drug-likeness (QED) is 0.811. The third-order valence-corrected chi connectivity index (χ3v) is 5.22. The minimum Gasteiger partial charge on any atom is -0.472 e. The van der Waals surface area contributed by atoms with Crippen LogP contribution in [0.25, 0.3) is 0 Å². The first-order valence-electron chi connectivity index (χ1n) is 8.86. The van der Waals surface area contributed by atoms with Crippen LogP contribution >= 0.6 is 0 Å². The monoisotopic (exact) mass is 335 g/mol. The molecule has 3 heterocycles. The maximum atomic E-state index is 12.5. The van der Waals surface area contributed by atoms with Gasteiger partial charge >= 0.3 is 0 Å². The van der Waals surface area contributed by atoms with Gasteiger partial charge < -0.3 is 14.1 Å². The molecule has 2 saturated heterocycles. The van der Waals surface area contributed by atoms with E-state index >= 15 is 0 Å². The zero-order valence-electron chi connectivity index (χ0n) is 15.0. The molecule has 1 aromatic heterocycles. The summed E-state index contributed by atoms with van der Waals surface area (Å²) in [6, 6.07) is 2.39. The molecule has 2 fully saturated rings. The molecule has 134 valence electrons. The van der Waals surface area contributed by atoms with Gasteiger partial charge in [0.05, 0.1) is 31.8 Å². The second-order valence-electron chi connectivity index (χ2n) is 7.34. The molecule has 24 heavy (non-hydrogen) atoms. The Kier molecular flexibility index (Phi) is 5.58. The van der Waals surface area contributed by atoms with Crippen molar-refractivity contribution in [1.82, 2.24) is 14.7 Å². The van der Waals surface area contributed by atoms with Crippen LogP contribution in [0.15, 0.2) is 23.0 Å². The number of rotatable bonds is 5. The molecular weight excluding hydrogens is 306 g/mol. The first-order valence-corrected chi connectivity index (χ1v) is 8.86. The largest absolute Gasteiger partial charge is 0.472 e. The van der Waals surface area contributed by atoms with E-state index in [4.69, 9.17) is 9.15 Å². The molecule has 2 atom stereocenters. The van der Waals surface area contributed by atoms with Crippen LogP contribution in [0.5, 0.6) is 0 Å². The van der Waals surface area contributed by atoms with Gasteiger partial charge in [-0.15, -0.1) is 0 Å². The fourth-order valence-corrected chi connectivity index (χ4v) is 3.45. The average Bonchev–Trinajstić information content (AvgIpc) is 3.14. The van der Waals surface area contributed by atoms with E-state index < -0.39 is 0 Å². The number of hydrogen-bond acceptors (Lipinski definition) is 5. The summed E-state index contributed by atoms with van der Waals surface area (Å²) < 4.78 is 11.2. The molecule has 6 nitrogen and oxygen atoms in total. The van der Waals surface area contributed by atoms with Crippen molar-refractivity contribution in [2.75, 3.05) is 46.4 Å². The number of fused-ring (bicyclic) bond motifs is 1. The molecule has 0 saturated carbocycles. The summed E-state index contributed by atoms with van der Waals surface area (Å²) in [6.07, 6.45) is 3.69. The topological polar surface area (TPSA) is 49.2 Å². The highest BCUT2D eigenvalue weighted by Gasteiger charge is 2.38. The number of hydrogen-bond donors (Lipinski definition) is 0. The van der Waals surface area contributed by atoms with Crippen molar-refractivity contribution in [2.45, 2.75) is 32.5 Å². The number of ether oxygens (including phenoxy) is 1. The van der Waals surface area contributed by atoms with Crippen molar-refractivity contribution >= 4 is 5.91 Å². The van der Waals surface area contributed by atoms with Crippen LogP contribution < -0.4 is 0 Å². The summed E-state index contributed by atoms with van der Waals surface area (Å²) in [6.45, 7) is 9.75. The molecule has 3 rings (SSSR count). The molecule has 0 unspecified atom stereocenters. The minimum atomic E-state index is 0.174. The lowest BCUT2D eigenvalue weighted by atomic mass is 10.1. The van der Waals surface area contributed by atoms with E-state index in [0.717, 1.165) is 39.3 Å². The Morgan fingerprint density at radius 3 is 2.92 bits per heavy atom. The van der Waals surface area contributed by atoms with Gasteiger partial charge in [-0.1, -0.05) is 0 Å². The summed E-state index contributed by atoms with van der Waals surface area (Å²) in [5.41, 5.74) is 1.19. The molecule has 0 bridgehead atoms. The Morgan fingerprint density at radius 2 is 2.21 bits per heavy atom. The van der Waals surface area contributed by atoms with Crippen LogP contribution in [0.3, 0.4) is 0 Å². The van der Waals surface area contributed by atoms with Crippen LogP contribution in [-0.2, 0) is 16.1 Å². The number of likely N-dealkylation sites (tertiary alicyclic amines) is 1. The number of furan rings is 1. The van der Waals surface area contributed by atoms with Gasteiger partial charge in [0.2, 0.25) is 5.91 Å². The van der Waals surface area contributed by atoms with Crippen LogP contribution in [0, 0.1) is 5.92 Å². The summed E-state index contributed by atoms with van der Waals surface area (Å²) in [7, 11) is 2.00. The Morgan fingerprint density at radius 1 is 1.38 bits per heavy atom. The average molecular weight is 335 g/mol. The molecule has 0 aromatic carbocycles. The van der Waals surface area contributed by atoms with Gasteiger partial charge in [0.15, 0.2) is 0 Å². The molecule has 0 aliphatic carbocycles. The van der Waals surface area contributed by atoms with Crippen molar-refractivity contribution in [3.05, 3.63) is 24.2 Å². The van der Waals surface area contributed by atoms with Gasteiger partial charge in [-0.3, -0.25) is 14.6 Å². The highest BCUT2D eigenvalue weighted by molar-refractivity contribution is 5.78. The molecule has 0 spiro atoms. The summed E-state index contributed by atoms with van der Waals surface area (Å²) in [4.78, 5) is 19.0. The van der Waals surface area contributed by atoms with Gasteiger partial charge in [-0.2, -0.15) is 0 Å². The maximum absolute atomic E-state index is 12.5. The Hall–Kier alpha value is -1.37. The van der Waals surface area contributed by atoms with Gasteiger partial charge in [-0.25, -0.2) is 0 Å². The van der Waals surface area contributed by atoms with E-state index in [2.05, 4.69) is 23.6 Å². The van der Waals surface area contributed by atoms with Crippen LogP contribution in [-0.4, -0.2) is 79.1 Å². The van der Waals surface area contributed by atoms with Crippen molar-refractivity contribution < 1.29 is 13.9 Å². The third kappa shape index (κ3) is 4.18. The fourth-order valence-electron chi connectivity index (χ4n) is 3.45. The molecule has 6 heteroatoms. The summed E-state index contributed by atoms with van der Waals surface area (Å²) in [5.74, 6) is 0.608. The standard InChI is InChI=1S/C18H29N3O3/c1-14(2)19(3)12-18(22)21-10-16-9-20(5-7-24-17(16)11-21)8-15-4-6-23-13-15/h4,6,13-14,16-17H,5,7-12H2,1-3H3/t16-,17+/m0/s1. The van der Waals surface area contributed by atoms with Crippen molar-refractivity contribution in [3.63, 3.8) is 0 Å². The molecular formula is C18H29N3O3. The number of amides is 1. The van der Waals surface area contributed by atoms with E-state index in [0.29, 0.717) is 18.5 Å². The smallest absolute Gasteiger partial charge is 0.236 e. The van der Waals surface area contributed by atoms with E-state index in [9.17, 15) is 4.79 Å². The Balaban J connectivity index is 1.55. The van der Waals surface area contributed by atoms with E-state index in [1.807, 2.05) is 18.0 Å². The second-order valence-corrected chi connectivity index (χ2v) is 7.34. The molecule has 2 aliphatic heterocycles. The lowest BCUT2D eigenvalue weighted by molar-refractivity contribution is -0.132. The number of carbonyl (C=O) groups excluding carboxylic acids is 1. The number of nitrogens with zero attached hydrogens (tertiary/aromatic N) is 3. The first-order chi connectivity index (χ1) is 11.5. The molecule has 0 N–H and O–H groups in total. The Labute approximate surface area is 144 Å². The van der Waals surface area contributed by atoms with Crippen molar-refractivity contribution in [2.24, 2.45) is 5.92 Å². The number of likely N-dealkylation sites (N-methyl/N-ethyl adjacent to an activating group) is 1. The SMILES string of the molecule is CC(C)N(C)CC(=O)N1C[C@@H]2CN(Cc3ccoc3)CCO[C@@H]2C1. The molecule has 0 radical (unpaired) electrons. The first kappa shape index (κ1) is 17.5. The fraction of sp³-hybridized carbons (Fsp3) is 0.722. The predicted octanol–water partition coefficient (Wildman–Crippen LogP) is 1.28. The molecule has 1 amide bonds. The van der Waals surface area contributed by atoms with Crippen LogP contribution in [0.4, 0.5) is 0 Å². The highest BCUT2D eigenvalue weighted by Crippen LogP contribution is 2.24. The van der Waals surface area contributed by atoms with Crippen molar-refractivity contribution in [3.8, 4) is 0 Å². The summed E-state index contributed by atoms with van der Waals surface area (Å²) in [5, 5.41) is 0. The van der Waals surface area contributed by atoms with Gasteiger partial charge in [0.1, 0.15) is 0 Å². The third-order valence-electron chi connectivity index (χ3n) is 5.22. The molecule has 1 aromatic rings. The normalized spacial score (nSPS) is 25.3. The lowest BCUT2D eigenvalue weighted by Crippen LogP contribution is -2.41. The van der Waals surface area contributed by atoms with Gasteiger partial charge in [0.25, 0.3) is 0 Å². The Bertz CT molecular complexity index is 532. The van der Waals surface area contributed by atoms with Gasteiger partial charge in [-0.05, 0) is 27.0 Å². The molecule has 2 aliphatic rings. The zero-order chi connectivity index (χ0) is 17.1. The van der Waals surface area contributed by atoms with Gasteiger partial charge in [0, 0.05) is 50.2 Å². The van der Waals surface area contributed by atoms with E-state index in [1.54, 1.807) is 12.5 Å². The predicted molar refractivity (Wildman–Crippen MR) is 91.6 cm³/mol. The van der Waals surface area contributed by atoms with Crippen LogP contribution in [0.1, 0.15) is 19.4 Å². The number of carbonyl (C=O) groups is 1. The second kappa shape index (κ2) is 7.68. The van der Waals surface area contributed by atoms with Crippen LogP contribution in [0.2, 0.25) is 0 Å².